The first-order valence-corrected chi connectivity index (χ1v) is 5.62. The maximum absolute atomic E-state index is 8.44. The molecule has 0 fully saturated rings. The summed E-state index contributed by atoms with van der Waals surface area (Å²) in [5.74, 6) is 0. The molecular formula is C8H13ClN2O2S. The molecule has 0 aromatic carbocycles. The van der Waals surface area contributed by atoms with Gasteiger partial charge in [0, 0.05) is 18.5 Å². The molecule has 80 valence electrons. The Hall–Kier alpha value is -0.360. The molecule has 0 spiro atoms. The Kier molecular flexibility index (Phi) is 5.86. The van der Waals surface area contributed by atoms with Crippen LogP contribution >= 0.6 is 22.9 Å². The average molecular weight is 237 g/mol. The van der Waals surface area contributed by atoms with Crippen molar-refractivity contribution < 1.29 is 9.84 Å². The normalized spacial score (nSPS) is 10.4. The standard InChI is InChI=1S/C8H13ClN2O2S/c9-7-6-14-8(11-7)10-2-1-4-13-5-3-12/h6,12H,1-5H2,(H,10,11). The minimum absolute atomic E-state index is 0.0789. The molecule has 0 atom stereocenters. The first kappa shape index (κ1) is 11.7. The molecule has 0 aliphatic carbocycles. The zero-order valence-electron chi connectivity index (χ0n) is 7.70. The molecule has 1 aromatic heterocycles. The van der Waals surface area contributed by atoms with Gasteiger partial charge < -0.3 is 15.2 Å². The van der Waals surface area contributed by atoms with Crippen molar-refractivity contribution in [1.29, 1.82) is 0 Å². The molecule has 1 rings (SSSR count). The highest BCUT2D eigenvalue weighted by Gasteiger charge is 1.97. The van der Waals surface area contributed by atoms with Gasteiger partial charge in [-0.05, 0) is 6.42 Å². The Morgan fingerprint density at radius 2 is 2.43 bits per heavy atom. The third-order valence-electron chi connectivity index (χ3n) is 1.45. The monoisotopic (exact) mass is 236 g/mol. The van der Waals surface area contributed by atoms with Crippen LogP contribution in [0.25, 0.3) is 0 Å². The highest BCUT2D eigenvalue weighted by atomic mass is 35.5. The Balaban J connectivity index is 1.99. The Morgan fingerprint density at radius 1 is 1.57 bits per heavy atom. The van der Waals surface area contributed by atoms with Gasteiger partial charge in [0.25, 0.3) is 0 Å². The van der Waals surface area contributed by atoms with Crippen LogP contribution in [-0.2, 0) is 4.74 Å². The number of nitrogens with zero attached hydrogens (tertiary/aromatic N) is 1. The zero-order valence-corrected chi connectivity index (χ0v) is 9.27. The van der Waals surface area contributed by atoms with Crippen molar-refractivity contribution in [3.8, 4) is 0 Å². The third-order valence-corrected chi connectivity index (χ3v) is 2.58. The second-order valence-corrected chi connectivity index (χ2v) is 3.84. The summed E-state index contributed by atoms with van der Waals surface area (Å²) >= 11 is 7.13. The predicted molar refractivity (Wildman–Crippen MR) is 58.1 cm³/mol. The van der Waals surface area contributed by atoms with Crippen LogP contribution in [0, 0.1) is 0 Å². The van der Waals surface area contributed by atoms with Crippen LogP contribution in [0.5, 0.6) is 0 Å². The molecule has 2 N–H and O–H groups in total. The number of anilines is 1. The third kappa shape index (κ3) is 4.76. The predicted octanol–water partition coefficient (Wildman–Crippen LogP) is 1.61. The zero-order chi connectivity index (χ0) is 10.2. The van der Waals surface area contributed by atoms with E-state index < -0.39 is 0 Å². The second kappa shape index (κ2) is 7.00. The summed E-state index contributed by atoms with van der Waals surface area (Å²) in [5.41, 5.74) is 0. The minimum Gasteiger partial charge on any atom is -0.394 e. The van der Waals surface area contributed by atoms with E-state index in [1.54, 1.807) is 5.38 Å². The van der Waals surface area contributed by atoms with E-state index in [0.29, 0.717) is 18.4 Å². The van der Waals surface area contributed by atoms with Crippen molar-refractivity contribution in [2.24, 2.45) is 0 Å². The van der Waals surface area contributed by atoms with Crippen LogP contribution in [0.1, 0.15) is 6.42 Å². The van der Waals surface area contributed by atoms with Gasteiger partial charge in [0.2, 0.25) is 0 Å². The molecule has 0 amide bonds. The van der Waals surface area contributed by atoms with Gasteiger partial charge in [-0.2, -0.15) is 0 Å². The lowest BCUT2D eigenvalue weighted by atomic mass is 10.4. The van der Waals surface area contributed by atoms with Crippen LogP contribution in [0.15, 0.2) is 5.38 Å². The van der Waals surface area contributed by atoms with E-state index >= 15 is 0 Å². The minimum atomic E-state index is 0.0789. The number of thiazole rings is 1. The van der Waals surface area contributed by atoms with E-state index in [1.165, 1.54) is 11.3 Å². The molecule has 0 saturated heterocycles. The van der Waals surface area contributed by atoms with Gasteiger partial charge in [0.05, 0.1) is 13.2 Å². The number of halogens is 1. The molecule has 0 saturated carbocycles. The molecule has 1 aromatic rings. The topological polar surface area (TPSA) is 54.4 Å². The molecule has 6 heteroatoms. The highest BCUT2D eigenvalue weighted by Crippen LogP contribution is 2.18. The second-order valence-electron chi connectivity index (χ2n) is 2.59. The lowest BCUT2D eigenvalue weighted by Crippen LogP contribution is -2.07. The van der Waals surface area contributed by atoms with E-state index in [9.17, 15) is 0 Å². The maximum atomic E-state index is 8.44. The van der Waals surface area contributed by atoms with E-state index in [2.05, 4.69) is 10.3 Å². The number of rotatable bonds is 7. The van der Waals surface area contributed by atoms with E-state index in [0.717, 1.165) is 18.1 Å². The van der Waals surface area contributed by atoms with Gasteiger partial charge in [-0.15, -0.1) is 11.3 Å². The Bertz CT molecular complexity index is 257. The average Bonchev–Trinajstić information content (AvgIpc) is 2.58. The molecule has 4 nitrogen and oxygen atoms in total. The van der Waals surface area contributed by atoms with Crippen LogP contribution in [0.2, 0.25) is 5.15 Å². The first-order chi connectivity index (χ1) is 6.83. The van der Waals surface area contributed by atoms with Crippen molar-refractivity contribution in [1.82, 2.24) is 4.98 Å². The van der Waals surface area contributed by atoms with Crippen LogP contribution < -0.4 is 5.32 Å². The molecule has 0 bridgehead atoms. The fourth-order valence-corrected chi connectivity index (χ4v) is 1.74. The molecule has 0 aliphatic rings. The van der Waals surface area contributed by atoms with Crippen molar-refractivity contribution >= 4 is 28.1 Å². The summed E-state index contributed by atoms with van der Waals surface area (Å²) in [5, 5.41) is 14.7. The first-order valence-electron chi connectivity index (χ1n) is 4.36. The van der Waals surface area contributed by atoms with Gasteiger partial charge >= 0.3 is 0 Å². The SMILES string of the molecule is OCCOCCCNc1nc(Cl)cs1. The van der Waals surface area contributed by atoms with Crippen LogP contribution in [0.4, 0.5) is 5.13 Å². The fourth-order valence-electron chi connectivity index (χ4n) is 0.872. The van der Waals surface area contributed by atoms with E-state index in [4.69, 9.17) is 21.4 Å². The van der Waals surface area contributed by atoms with E-state index in [1.807, 2.05) is 0 Å². The lowest BCUT2D eigenvalue weighted by molar-refractivity contribution is 0.0922. The number of ether oxygens (including phenoxy) is 1. The smallest absolute Gasteiger partial charge is 0.184 e. The summed E-state index contributed by atoms with van der Waals surface area (Å²) in [7, 11) is 0. The molecule has 1 heterocycles. The van der Waals surface area contributed by atoms with Gasteiger partial charge in [0.15, 0.2) is 5.13 Å². The Labute approximate surface area is 91.9 Å². The molecule has 0 unspecified atom stereocenters. The molecule has 0 radical (unpaired) electrons. The summed E-state index contributed by atoms with van der Waals surface area (Å²) in [6, 6.07) is 0. The number of hydrogen-bond donors (Lipinski definition) is 2. The summed E-state index contributed by atoms with van der Waals surface area (Å²) in [6.45, 7) is 1.93. The number of hydrogen-bond acceptors (Lipinski definition) is 5. The van der Waals surface area contributed by atoms with Gasteiger partial charge in [-0.1, -0.05) is 11.6 Å². The number of aromatic nitrogens is 1. The van der Waals surface area contributed by atoms with E-state index in [-0.39, 0.29) is 6.61 Å². The summed E-state index contributed by atoms with van der Waals surface area (Å²) < 4.78 is 5.09. The largest absolute Gasteiger partial charge is 0.394 e. The highest BCUT2D eigenvalue weighted by molar-refractivity contribution is 7.14. The molecule has 0 aliphatic heterocycles. The number of aliphatic hydroxyl groups excluding tert-OH is 1. The van der Waals surface area contributed by atoms with Crippen molar-refractivity contribution in [2.75, 3.05) is 31.7 Å². The van der Waals surface area contributed by atoms with Crippen molar-refractivity contribution in [3.05, 3.63) is 10.5 Å². The van der Waals surface area contributed by atoms with Gasteiger partial charge in [-0.25, -0.2) is 4.98 Å². The van der Waals surface area contributed by atoms with Crippen LogP contribution in [-0.4, -0.2) is 36.5 Å². The van der Waals surface area contributed by atoms with Crippen LogP contribution in [0.3, 0.4) is 0 Å². The fraction of sp³-hybridized carbons (Fsp3) is 0.625. The summed E-state index contributed by atoms with van der Waals surface area (Å²) in [4.78, 5) is 4.04. The number of aliphatic hydroxyl groups is 1. The lowest BCUT2D eigenvalue weighted by Gasteiger charge is -2.02. The van der Waals surface area contributed by atoms with Crippen molar-refractivity contribution in [3.63, 3.8) is 0 Å². The number of nitrogens with one attached hydrogen (secondary N) is 1. The van der Waals surface area contributed by atoms with Gasteiger partial charge in [-0.3, -0.25) is 0 Å². The molecule has 14 heavy (non-hydrogen) atoms. The Morgan fingerprint density at radius 3 is 3.07 bits per heavy atom. The summed E-state index contributed by atoms with van der Waals surface area (Å²) in [6.07, 6.45) is 0.886. The van der Waals surface area contributed by atoms with Gasteiger partial charge in [0.1, 0.15) is 5.15 Å². The quantitative estimate of drug-likeness (QED) is 0.707. The maximum Gasteiger partial charge on any atom is 0.184 e. The van der Waals surface area contributed by atoms with Crippen molar-refractivity contribution in [2.45, 2.75) is 6.42 Å². The molecular weight excluding hydrogens is 224 g/mol.